The maximum absolute atomic E-state index is 13.1. The third-order valence-corrected chi connectivity index (χ3v) is 8.85. The molecule has 5 aromatic carbocycles. The fourth-order valence-electron chi connectivity index (χ4n) is 6.02. The molecule has 268 valence electrons. The molecule has 2 unspecified atom stereocenters. The molecule has 0 amide bonds. The van der Waals surface area contributed by atoms with Crippen LogP contribution in [0.4, 0.5) is 0 Å². The summed E-state index contributed by atoms with van der Waals surface area (Å²) < 4.78 is 45.0. The summed E-state index contributed by atoms with van der Waals surface area (Å²) in [5.74, 6) is 0.158. The van der Waals surface area contributed by atoms with Crippen molar-refractivity contribution in [2.75, 3.05) is 26.8 Å². The summed E-state index contributed by atoms with van der Waals surface area (Å²) in [6, 6.07) is 25.5. The number of hydrogen-bond donors (Lipinski definition) is 0. The van der Waals surface area contributed by atoms with E-state index in [-0.39, 0.29) is 43.2 Å². The second-order valence-electron chi connectivity index (χ2n) is 12.5. The van der Waals surface area contributed by atoms with Gasteiger partial charge in [-0.2, -0.15) is 0 Å². The second kappa shape index (κ2) is 16.8. The first-order valence-corrected chi connectivity index (χ1v) is 17.3. The summed E-state index contributed by atoms with van der Waals surface area (Å²) in [7, 11) is 0. The number of carbonyl (C=O) groups excluding carboxylic acids is 3. The van der Waals surface area contributed by atoms with Crippen molar-refractivity contribution >= 4 is 39.8 Å². The predicted molar refractivity (Wildman–Crippen MR) is 190 cm³/mol. The molecule has 0 N–H and O–H groups in total. The van der Waals surface area contributed by atoms with Gasteiger partial charge in [-0.3, -0.25) is 4.79 Å². The number of carbonyl (C=O) groups is 3. The molecule has 0 bridgehead atoms. The summed E-state index contributed by atoms with van der Waals surface area (Å²) in [6.07, 6.45) is 6.00. The molecular formula is C41H38O11. The van der Waals surface area contributed by atoms with Crippen molar-refractivity contribution < 1.29 is 52.3 Å². The van der Waals surface area contributed by atoms with Crippen molar-refractivity contribution in [1.29, 1.82) is 0 Å². The molecule has 11 nitrogen and oxygen atoms in total. The van der Waals surface area contributed by atoms with E-state index in [1.54, 1.807) is 48.5 Å². The van der Waals surface area contributed by atoms with Gasteiger partial charge >= 0.3 is 11.9 Å². The van der Waals surface area contributed by atoms with E-state index in [9.17, 15) is 14.4 Å². The van der Waals surface area contributed by atoms with E-state index < -0.39 is 11.9 Å². The van der Waals surface area contributed by atoms with Crippen LogP contribution in [0.5, 0.6) is 23.0 Å². The van der Waals surface area contributed by atoms with Crippen LogP contribution in [0.25, 0.3) is 21.5 Å². The molecular weight excluding hydrogens is 668 g/mol. The minimum absolute atomic E-state index is 0.0333. The fourth-order valence-corrected chi connectivity index (χ4v) is 6.02. The number of ether oxygens (including phenoxy) is 8. The third-order valence-electron chi connectivity index (χ3n) is 8.85. The standard InChI is InChI=1S/C41H38O11/c42-24-33-23-36(51-40(43)31-9-7-29-21-34(13-11-27(29)19-31)47-25-49-38-5-1-3-17-45-38)15-16-37(33)52-41(44)32-10-8-30-22-35(14-12-28(30)20-32)48-26-50-39-6-2-4-18-46-39/h7-16,19-24,38-39H,1-6,17-18,25-26H2. The van der Waals surface area contributed by atoms with E-state index in [1.165, 1.54) is 18.2 Å². The quantitative estimate of drug-likeness (QED) is 0.0512. The molecule has 7 rings (SSSR count). The van der Waals surface area contributed by atoms with Crippen molar-refractivity contribution in [3.63, 3.8) is 0 Å². The third kappa shape index (κ3) is 8.93. The van der Waals surface area contributed by atoms with Gasteiger partial charge in [-0.15, -0.1) is 0 Å². The number of esters is 2. The largest absolute Gasteiger partial charge is 0.467 e. The summed E-state index contributed by atoms with van der Waals surface area (Å²) in [5, 5.41) is 3.34. The molecule has 2 heterocycles. The summed E-state index contributed by atoms with van der Waals surface area (Å²) in [4.78, 5) is 38.1. The molecule has 0 radical (unpaired) electrons. The maximum atomic E-state index is 13.1. The summed E-state index contributed by atoms with van der Waals surface area (Å²) >= 11 is 0. The molecule has 0 aromatic heterocycles. The zero-order valence-electron chi connectivity index (χ0n) is 28.5. The highest BCUT2D eigenvalue weighted by atomic mass is 16.8. The zero-order valence-corrected chi connectivity index (χ0v) is 28.5. The molecule has 2 aliphatic rings. The highest BCUT2D eigenvalue weighted by Gasteiger charge is 2.18. The average Bonchev–Trinajstić information content (AvgIpc) is 3.18. The van der Waals surface area contributed by atoms with Crippen LogP contribution in [-0.2, 0) is 18.9 Å². The van der Waals surface area contributed by atoms with Crippen molar-refractivity contribution in [2.45, 2.75) is 51.1 Å². The molecule has 11 heteroatoms. The van der Waals surface area contributed by atoms with Crippen LogP contribution in [0.15, 0.2) is 91.0 Å². The lowest BCUT2D eigenvalue weighted by atomic mass is 10.1. The Kier molecular flexibility index (Phi) is 11.3. The smallest absolute Gasteiger partial charge is 0.343 e. The van der Waals surface area contributed by atoms with E-state index in [2.05, 4.69) is 0 Å². The second-order valence-corrected chi connectivity index (χ2v) is 12.5. The molecule has 0 saturated carbocycles. The van der Waals surface area contributed by atoms with Crippen LogP contribution in [0, 0.1) is 0 Å². The van der Waals surface area contributed by atoms with Gasteiger partial charge in [0.1, 0.15) is 23.0 Å². The number of fused-ring (bicyclic) bond motifs is 2. The topological polar surface area (TPSA) is 125 Å². The van der Waals surface area contributed by atoms with E-state index in [1.807, 2.05) is 24.3 Å². The monoisotopic (exact) mass is 706 g/mol. The van der Waals surface area contributed by atoms with Gasteiger partial charge in [0.05, 0.1) is 16.7 Å². The van der Waals surface area contributed by atoms with Crippen LogP contribution in [0.1, 0.15) is 69.6 Å². The van der Waals surface area contributed by atoms with Gasteiger partial charge in [-0.05, 0) is 127 Å². The number of benzene rings is 5. The van der Waals surface area contributed by atoms with Gasteiger partial charge in [0, 0.05) is 13.2 Å². The van der Waals surface area contributed by atoms with E-state index >= 15 is 0 Å². The highest BCUT2D eigenvalue weighted by molar-refractivity contribution is 5.98. The fraction of sp³-hybridized carbons (Fsp3) is 0.293. The average molecular weight is 707 g/mol. The molecule has 0 spiro atoms. The Morgan fingerprint density at radius 3 is 1.60 bits per heavy atom. The minimum Gasteiger partial charge on any atom is -0.467 e. The number of rotatable bonds is 13. The predicted octanol–water partition coefficient (Wildman–Crippen LogP) is 8.00. The Morgan fingerprint density at radius 1 is 0.577 bits per heavy atom. The van der Waals surface area contributed by atoms with Gasteiger partial charge < -0.3 is 37.9 Å². The Morgan fingerprint density at radius 2 is 1.08 bits per heavy atom. The molecule has 52 heavy (non-hydrogen) atoms. The number of aldehydes is 1. The van der Waals surface area contributed by atoms with Gasteiger partial charge in [0.2, 0.25) is 0 Å². The zero-order chi connectivity index (χ0) is 35.7. The van der Waals surface area contributed by atoms with Crippen molar-refractivity contribution in [2.24, 2.45) is 0 Å². The Labute approximate surface area is 300 Å². The maximum Gasteiger partial charge on any atom is 0.343 e. The van der Waals surface area contributed by atoms with Gasteiger partial charge in [0.25, 0.3) is 0 Å². The highest BCUT2D eigenvalue weighted by Crippen LogP contribution is 2.28. The lowest BCUT2D eigenvalue weighted by molar-refractivity contribution is -0.191. The van der Waals surface area contributed by atoms with Crippen molar-refractivity contribution in [3.05, 3.63) is 108 Å². The first kappa shape index (κ1) is 35.1. The Bertz CT molecular complexity index is 2050. The van der Waals surface area contributed by atoms with Gasteiger partial charge in [0.15, 0.2) is 32.5 Å². The molecule has 0 aliphatic carbocycles. The Hall–Kier alpha value is -5.33. The number of hydrogen-bond acceptors (Lipinski definition) is 11. The SMILES string of the molecule is O=Cc1cc(OC(=O)c2ccc3cc(OCOC4CCCCO4)ccc3c2)ccc1OC(=O)c1ccc2cc(OCOC3CCCCO3)ccc2c1. The lowest BCUT2D eigenvalue weighted by Crippen LogP contribution is -2.24. The van der Waals surface area contributed by atoms with E-state index in [4.69, 9.17) is 37.9 Å². The molecule has 2 saturated heterocycles. The first-order chi connectivity index (χ1) is 25.5. The summed E-state index contributed by atoms with van der Waals surface area (Å²) in [6.45, 7) is 1.55. The summed E-state index contributed by atoms with van der Waals surface area (Å²) in [5.41, 5.74) is 0.662. The Balaban J connectivity index is 0.937. The van der Waals surface area contributed by atoms with Crippen LogP contribution < -0.4 is 18.9 Å². The first-order valence-electron chi connectivity index (χ1n) is 17.3. The van der Waals surface area contributed by atoms with E-state index in [0.717, 1.165) is 60.1 Å². The van der Waals surface area contributed by atoms with Crippen LogP contribution in [0.3, 0.4) is 0 Å². The van der Waals surface area contributed by atoms with E-state index in [0.29, 0.717) is 42.1 Å². The van der Waals surface area contributed by atoms with Crippen molar-refractivity contribution in [1.82, 2.24) is 0 Å². The van der Waals surface area contributed by atoms with Crippen LogP contribution in [0.2, 0.25) is 0 Å². The van der Waals surface area contributed by atoms with Crippen LogP contribution in [-0.4, -0.2) is 57.6 Å². The normalized spacial score (nSPS) is 17.4. The molecule has 2 aliphatic heterocycles. The molecule has 2 fully saturated rings. The van der Waals surface area contributed by atoms with Gasteiger partial charge in [-0.1, -0.05) is 24.3 Å². The lowest BCUT2D eigenvalue weighted by Gasteiger charge is -2.22. The molecule has 2 atom stereocenters. The van der Waals surface area contributed by atoms with Crippen LogP contribution >= 0.6 is 0 Å². The molecule has 5 aromatic rings. The minimum atomic E-state index is -0.647. The van der Waals surface area contributed by atoms with Crippen molar-refractivity contribution in [3.8, 4) is 23.0 Å². The van der Waals surface area contributed by atoms with Gasteiger partial charge in [-0.25, -0.2) is 9.59 Å².